The Balaban J connectivity index is 2.37. The monoisotopic (exact) mass is 282 g/mol. The topological polar surface area (TPSA) is 0 Å². The Morgan fingerprint density at radius 2 is 2.00 bits per heavy atom. The second kappa shape index (κ2) is 4.26. The van der Waals surface area contributed by atoms with Crippen molar-refractivity contribution in [2.75, 3.05) is 5.33 Å². The van der Waals surface area contributed by atoms with Crippen molar-refractivity contribution in [3.8, 4) is 0 Å². The summed E-state index contributed by atoms with van der Waals surface area (Å²) in [5.41, 5.74) is 1.82. The van der Waals surface area contributed by atoms with Gasteiger partial charge in [-0.2, -0.15) is 0 Å². The molecule has 0 fully saturated rings. The molecular formula is C13H15BrS. The highest BCUT2D eigenvalue weighted by atomic mass is 79.9. The average molecular weight is 283 g/mol. The predicted molar refractivity (Wildman–Crippen MR) is 73.1 cm³/mol. The zero-order valence-corrected chi connectivity index (χ0v) is 11.5. The maximum Gasteiger partial charge on any atom is 0.0345 e. The van der Waals surface area contributed by atoms with Crippen LogP contribution in [0.3, 0.4) is 0 Å². The van der Waals surface area contributed by atoms with E-state index in [1.54, 1.807) is 0 Å². The molecule has 0 radical (unpaired) electrons. The summed E-state index contributed by atoms with van der Waals surface area (Å²) in [5.74, 6) is 0. The smallest absolute Gasteiger partial charge is 0.0345 e. The number of hydrogen-bond acceptors (Lipinski definition) is 1. The second-order valence-electron chi connectivity index (χ2n) is 4.73. The largest absolute Gasteiger partial charge is 0.144 e. The maximum atomic E-state index is 3.58. The van der Waals surface area contributed by atoms with Crippen LogP contribution in [0.25, 0.3) is 10.1 Å². The van der Waals surface area contributed by atoms with Crippen LogP contribution in [0.1, 0.15) is 19.4 Å². The van der Waals surface area contributed by atoms with Gasteiger partial charge in [0.15, 0.2) is 0 Å². The van der Waals surface area contributed by atoms with Crippen LogP contribution in [-0.4, -0.2) is 5.33 Å². The summed E-state index contributed by atoms with van der Waals surface area (Å²) >= 11 is 5.43. The van der Waals surface area contributed by atoms with E-state index in [0.717, 1.165) is 11.8 Å². The highest BCUT2D eigenvalue weighted by Gasteiger charge is 2.18. The lowest BCUT2D eigenvalue weighted by Crippen LogP contribution is -2.16. The number of rotatable bonds is 3. The molecule has 0 nitrogen and oxygen atoms in total. The molecule has 0 aliphatic rings. The molecule has 0 bridgehead atoms. The third kappa shape index (κ3) is 2.43. The molecule has 0 unspecified atom stereocenters. The van der Waals surface area contributed by atoms with Crippen LogP contribution in [0.4, 0.5) is 0 Å². The summed E-state index contributed by atoms with van der Waals surface area (Å²) in [5, 5.41) is 4.77. The molecule has 0 aliphatic heterocycles. The highest BCUT2D eigenvalue weighted by molar-refractivity contribution is 9.09. The fourth-order valence-electron chi connectivity index (χ4n) is 1.73. The Bertz CT molecular complexity index is 456. The van der Waals surface area contributed by atoms with E-state index < -0.39 is 0 Å². The van der Waals surface area contributed by atoms with E-state index in [1.807, 2.05) is 11.3 Å². The third-order valence-corrected chi connectivity index (χ3v) is 5.12. The Labute approximate surface area is 103 Å². The Kier molecular flexibility index (Phi) is 3.17. The van der Waals surface area contributed by atoms with E-state index in [4.69, 9.17) is 0 Å². The Morgan fingerprint density at radius 1 is 1.27 bits per heavy atom. The van der Waals surface area contributed by atoms with Crippen LogP contribution in [0.2, 0.25) is 0 Å². The Morgan fingerprint density at radius 3 is 2.73 bits per heavy atom. The zero-order valence-electron chi connectivity index (χ0n) is 9.09. The maximum absolute atomic E-state index is 3.58. The first-order chi connectivity index (χ1) is 7.12. The lowest BCUT2D eigenvalue weighted by atomic mass is 9.88. The van der Waals surface area contributed by atoms with Crippen LogP contribution in [-0.2, 0) is 6.42 Å². The lowest BCUT2D eigenvalue weighted by Gasteiger charge is -2.20. The van der Waals surface area contributed by atoms with Crippen molar-refractivity contribution in [3.05, 3.63) is 35.2 Å². The van der Waals surface area contributed by atoms with Crippen LogP contribution >= 0.6 is 27.3 Å². The van der Waals surface area contributed by atoms with E-state index in [0.29, 0.717) is 5.41 Å². The van der Waals surface area contributed by atoms with Gasteiger partial charge in [0.25, 0.3) is 0 Å². The molecule has 15 heavy (non-hydrogen) atoms. The molecule has 1 aromatic heterocycles. The van der Waals surface area contributed by atoms with Gasteiger partial charge in [0.2, 0.25) is 0 Å². The lowest BCUT2D eigenvalue weighted by molar-refractivity contribution is 0.427. The molecule has 0 saturated heterocycles. The quantitative estimate of drug-likeness (QED) is 0.705. The van der Waals surface area contributed by atoms with Gasteiger partial charge in [0.1, 0.15) is 0 Å². The van der Waals surface area contributed by atoms with E-state index in [-0.39, 0.29) is 0 Å². The molecule has 80 valence electrons. The SMILES string of the molecule is CC(C)(CBr)Cc1csc2ccccc12. The first-order valence-electron chi connectivity index (χ1n) is 5.13. The van der Waals surface area contributed by atoms with Crippen molar-refractivity contribution in [1.82, 2.24) is 0 Å². The molecule has 0 saturated carbocycles. The number of fused-ring (bicyclic) bond motifs is 1. The highest BCUT2D eigenvalue weighted by Crippen LogP contribution is 2.32. The van der Waals surface area contributed by atoms with Gasteiger partial charge in [-0.1, -0.05) is 48.0 Å². The molecule has 2 heteroatoms. The fraction of sp³-hybridized carbons (Fsp3) is 0.385. The molecule has 0 amide bonds. The molecule has 0 N–H and O–H groups in total. The van der Waals surface area contributed by atoms with Crippen LogP contribution in [0, 0.1) is 5.41 Å². The first-order valence-corrected chi connectivity index (χ1v) is 7.13. The molecule has 1 aromatic carbocycles. The van der Waals surface area contributed by atoms with Crippen molar-refractivity contribution in [2.45, 2.75) is 20.3 Å². The first kappa shape index (κ1) is 11.2. The van der Waals surface area contributed by atoms with Crippen molar-refractivity contribution < 1.29 is 0 Å². The minimum absolute atomic E-state index is 0.337. The molecule has 2 aromatic rings. The van der Waals surface area contributed by atoms with Gasteiger partial charge < -0.3 is 0 Å². The summed E-state index contributed by atoms with van der Waals surface area (Å²) < 4.78 is 1.40. The minimum Gasteiger partial charge on any atom is -0.144 e. The Hall–Kier alpha value is -0.340. The minimum atomic E-state index is 0.337. The molecule has 1 heterocycles. The van der Waals surface area contributed by atoms with Gasteiger partial charge in [-0.25, -0.2) is 0 Å². The average Bonchev–Trinajstić information content (AvgIpc) is 2.62. The van der Waals surface area contributed by atoms with Crippen molar-refractivity contribution >= 4 is 37.4 Å². The van der Waals surface area contributed by atoms with Crippen LogP contribution in [0.15, 0.2) is 29.6 Å². The van der Waals surface area contributed by atoms with Gasteiger partial charge in [-0.15, -0.1) is 11.3 Å². The number of hydrogen-bond donors (Lipinski definition) is 0. The van der Waals surface area contributed by atoms with Crippen LogP contribution < -0.4 is 0 Å². The number of benzene rings is 1. The summed E-state index contributed by atoms with van der Waals surface area (Å²) in [6, 6.07) is 8.66. The number of alkyl halides is 1. The van der Waals surface area contributed by atoms with Gasteiger partial charge >= 0.3 is 0 Å². The van der Waals surface area contributed by atoms with Crippen molar-refractivity contribution in [1.29, 1.82) is 0 Å². The summed E-state index contributed by atoms with van der Waals surface area (Å²) in [6.07, 6.45) is 1.14. The fourth-order valence-corrected chi connectivity index (χ4v) is 2.89. The van der Waals surface area contributed by atoms with E-state index in [1.165, 1.54) is 15.6 Å². The third-order valence-electron chi connectivity index (χ3n) is 2.59. The van der Waals surface area contributed by atoms with E-state index >= 15 is 0 Å². The summed E-state index contributed by atoms with van der Waals surface area (Å²) in [4.78, 5) is 0. The van der Waals surface area contributed by atoms with Gasteiger partial charge in [-0.3, -0.25) is 0 Å². The normalized spacial score (nSPS) is 12.2. The van der Waals surface area contributed by atoms with E-state index in [9.17, 15) is 0 Å². The zero-order chi connectivity index (χ0) is 10.9. The van der Waals surface area contributed by atoms with Gasteiger partial charge in [0.05, 0.1) is 0 Å². The molecule has 0 spiro atoms. The van der Waals surface area contributed by atoms with Crippen molar-refractivity contribution in [2.24, 2.45) is 5.41 Å². The van der Waals surface area contributed by atoms with Crippen LogP contribution in [0.5, 0.6) is 0 Å². The van der Waals surface area contributed by atoms with Gasteiger partial charge in [-0.05, 0) is 34.2 Å². The molecule has 0 aliphatic carbocycles. The molecule has 0 atom stereocenters. The summed E-state index contributed by atoms with van der Waals surface area (Å²) in [6.45, 7) is 4.60. The van der Waals surface area contributed by atoms with Gasteiger partial charge in [0, 0.05) is 10.0 Å². The van der Waals surface area contributed by atoms with Crippen molar-refractivity contribution in [3.63, 3.8) is 0 Å². The predicted octanol–water partition coefficient (Wildman–Crippen LogP) is 4.86. The van der Waals surface area contributed by atoms with E-state index in [2.05, 4.69) is 59.4 Å². The standard InChI is InChI=1S/C13H15BrS/c1-13(2,9-14)7-10-8-15-12-6-4-3-5-11(10)12/h3-6,8H,7,9H2,1-2H3. The molecular weight excluding hydrogens is 268 g/mol. The number of halogens is 1. The number of thiophene rings is 1. The summed E-state index contributed by atoms with van der Waals surface area (Å²) in [7, 11) is 0. The second-order valence-corrected chi connectivity index (χ2v) is 6.20. The molecule has 2 rings (SSSR count).